The maximum atomic E-state index is 6.07. The van der Waals surface area contributed by atoms with Gasteiger partial charge < -0.3 is 0 Å². The van der Waals surface area contributed by atoms with Crippen molar-refractivity contribution in [1.29, 1.82) is 0 Å². The zero-order valence-corrected chi connectivity index (χ0v) is 8.39. The molecule has 2 rings (SSSR count). The van der Waals surface area contributed by atoms with Crippen LogP contribution < -0.4 is 0 Å². The molecule has 0 radical (unpaired) electrons. The SMILES string of the molecule is Cc1cc(C)c2c(Cl)ccnc2c1. The fourth-order valence-corrected chi connectivity index (χ4v) is 1.93. The fourth-order valence-electron chi connectivity index (χ4n) is 1.62. The van der Waals surface area contributed by atoms with Crippen LogP contribution in [0.3, 0.4) is 0 Å². The number of hydrogen-bond acceptors (Lipinski definition) is 1. The van der Waals surface area contributed by atoms with Crippen LogP contribution in [-0.4, -0.2) is 4.98 Å². The lowest BCUT2D eigenvalue weighted by Crippen LogP contribution is -1.85. The van der Waals surface area contributed by atoms with Crippen molar-refractivity contribution in [1.82, 2.24) is 4.98 Å². The Morgan fingerprint density at radius 1 is 1.23 bits per heavy atom. The Morgan fingerprint density at radius 2 is 2.00 bits per heavy atom. The highest BCUT2D eigenvalue weighted by atomic mass is 35.5. The topological polar surface area (TPSA) is 12.9 Å². The Kier molecular flexibility index (Phi) is 1.97. The molecule has 66 valence electrons. The second-order valence-corrected chi connectivity index (χ2v) is 3.68. The van der Waals surface area contributed by atoms with E-state index in [1.54, 1.807) is 6.20 Å². The molecule has 0 aliphatic rings. The molecule has 0 aliphatic carbocycles. The van der Waals surface area contributed by atoms with Gasteiger partial charge >= 0.3 is 0 Å². The lowest BCUT2D eigenvalue weighted by Gasteiger charge is -2.04. The summed E-state index contributed by atoms with van der Waals surface area (Å²) in [6.07, 6.45) is 1.74. The first-order valence-corrected chi connectivity index (χ1v) is 4.58. The summed E-state index contributed by atoms with van der Waals surface area (Å²) in [4.78, 5) is 4.28. The Morgan fingerprint density at radius 3 is 2.77 bits per heavy atom. The lowest BCUT2D eigenvalue weighted by atomic mass is 10.1. The molecule has 0 aliphatic heterocycles. The van der Waals surface area contributed by atoms with Crippen LogP contribution in [0.15, 0.2) is 24.4 Å². The van der Waals surface area contributed by atoms with E-state index in [1.165, 1.54) is 11.1 Å². The number of aryl methyl sites for hydroxylation is 2. The summed E-state index contributed by atoms with van der Waals surface area (Å²) in [6.45, 7) is 4.12. The maximum absolute atomic E-state index is 6.07. The van der Waals surface area contributed by atoms with Crippen LogP contribution in [0.5, 0.6) is 0 Å². The van der Waals surface area contributed by atoms with Gasteiger partial charge in [0.25, 0.3) is 0 Å². The van der Waals surface area contributed by atoms with Crippen molar-refractivity contribution >= 4 is 22.5 Å². The zero-order valence-electron chi connectivity index (χ0n) is 7.63. The minimum atomic E-state index is 0.780. The first-order valence-electron chi connectivity index (χ1n) is 4.20. The molecule has 1 heterocycles. The molecule has 0 fully saturated rings. The number of pyridine rings is 1. The number of halogens is 1. The van der Waals surface area contributed by atoms with Crippen LogP contribution in [0.1, 0.15) is 11.1 Å². The highest BCUT2D eigenvalue weighted by Gasteiger charge is 2.03. The van der Waals surface area contributed by atoms with Crippen LogP contribution >= 0.6 is 11.6 Å². The Hall–Kier alpha value is -1.08. The van der Waals surface area contributed by atoms with E-state index in [-0.39, 0.29) is 0 Å². The van der Waals surface area contributed by atoms with Gasteiger partial charge in [-0.05, 0) is 37.1 Å². The van der Waals surface area contributed by atoms with Crippen molar-refractivity contribution in [3.63, 3.8) is 0 Å². The molecule has 1 nitrogen and oxygen atoms in total. The summed E-state index contributed by atoms with van der Waals surface area (Å²) in [5, 5.41) is 1.84. The quantitative estimate of drug-likeness (QED) is 0.621. The van der Waals surface area contributed by atoms with Gasteiger partial charge in [0.2, 0.25) is 0 Å². The molecular formula is C11H10ClN. The third kappa shape index (κ3) is 1.40. The van der Waals surface area contributed by atoms with E-state index < -0.39 is 0 Å². The first-order chi connectivity index (χ1) is 6.18. The van der Waals surface area contributed by atoms with Crippen LogP contribution in [0.4, 0.5) is 0 Å². The van der Waals surface area contributed by atoms with E-state index in [1.807, 2.05) is 12.1 Å². The van der Waals surface area contributed by atoms with Gasteiger partial charge in [-0.15, -0.1) is 0 Å². The summed E-state index contributed by atoms with van der Waals surface area (Å²) in [5.74, 6) is 0. The standard InChI is InChI=1S/C11H10ClN/c1-7-5-8(2)11-9(12)3-4-13-10(11)6-7/h3-6H,1-2H3. The van der Waals surface area contributed by atoms with Crippen LogP contribution in [-0.2, 0) is 0 Å². The lowest BCUT2D eigenvalue weighted by molar-refractivity contribution is 1.36. The number of benzene rings is 1. The molecule has 2 aromatic rings. The minimum Gasteiger partial charge on any atom is -0.256 e. The first kappa shape index (κ1) is 8.52. The molecule has 2 heteroatoms. The molecule has 0 bridgehead atoms. The second kappa shape index (κ2) is 3.00. The predicted molar refractivity (Wildman–Crippen MR) is 56.2 cm³/mol. The molecule has 0 N–H and O–H groups in total. The average molecular weight is 192 g/mol. The van der Waals surface area contributed by atoms with Gasteiger partial charge in [-0.3, -0.25) is 4.98 Å². The number of hydrogen-bond donors (Lipinski definition) is 0. The van der Waals surface area contributed by atoms with Crippen molar-refractivity contribution in [2.24, 2.45) is 0 Å². The van der Waals surface area contributed by atoms with E-state index in [9.17, 15) is 0 Å². The van der Waals surface area contributed by atoms with Crippen molar-refractivity contribution < 1.29 is 0 Å². The van der Waals surface area contributed by atoms with Gasteiger partial charge in [-0.2, -0.15) is 0 Å². The maximum Gasteiger partial charge on any atom is 0.0722 e. The Balaban J connectivity index is 2.94. The Bertz CT molecular complexity index is 463. The third-order valence-corrected chi connectivity index (χ3v) is 2.45. The van der Waals surface area contributed by atoms with E-state index in [4.69, 9.17) is 11.6 Å². The monoisotopic (exact) mass is 191 g/mol. The molecule has 0 unspecified atom stereocenters. The van der Waals surface area contributed by atoms with Crippen LogP contribution in [0, 0.1) is 13.8 Å². The summed E-state index contributed by atoms with van der Waals surface area (Å²) in [5.41, 5.74) is 3.39. The van der Waals surface area contributed by atoms with Gasteiger partial charge in [0.15, 0.2) is 0 Å². The molecule has 13 heavy (non-hydrogen) atoms. The van der Waals surface area contributed by atoms with Crippen molar-refractivity contribution in [2.75, 3.05) is 0 Å². The molecule has 0 spiro atoms. The van der Waals surface area contributed by atoms with Gasteiger partial charge in [0, 0.05) is 11.6 Å². The van der Waals surface area contributed by atoms with Crippen molar-refractivity contribution in [3.8, 4) is 0 Å². The Labute approximate surface area is 82.4 Å². The zero-order chi connectivity index (χ0) is 9.42. The van der Waals surface area contributed by atoms with Crippen LogP contribution in [0.25, 0.3) is 10.9 Å². The number of rotatable bonds is 0. The highest BCUT2D eigenvalue weighted by Crippen LogP contribution is 2.25. The molecular weight excluding hydrogens is 182 g/mol. The molecule has 0 atom stereocenters. The summed E-state index contributed by atoms with van der Waals surface area (Å²) >= 11 is 6.07. The minimum absolute atomic E-state index is 0.780. The largest absolute Gasteiger partial charge is 0.256 e. The average Bonchev–Trinajstić information content (AvgIpc) is 2.02. The van der Waals surface area contributed by atoms with Gasteiger partial charge in [-0.25, -0.2) is 0 Å². The van der Waals surface area contributed by atoms with E-state index in [0.717, 1.165) is 15.9 Å². The molecule has 0 amide bonds. The van der Waals surface area contributed by atoms with Gasteiger partial charge in [0.1, 0.15) is 0 Å². The molecule has 1 aromatic carbocycles. The molecule has 1 aromatic heterocycles. The van der Waals surface area contributed by atoms with Crippen LogP contribution in [0.2, 0.25) is 5.02 Å². The van der Waals surface area contributed by atoms with Gasteiger partial charge in [-0.1, -0.05) is 17.7 Å². The normalized spacial score (nSPS) is 10.7. The summed E-state index contributed by atoms with van der Waals surface area (Å²) in [6, 6.07) is 6.00. The predicted octanol–water partition coefficient (Wildman–Crippen LogP) is 3.51. The molecule has 0 saturated carbocycles. The molecule has 0 saturated heterocycles. The van der Waals surface area contributed by atoms with E-state index >= 15 is 0 Å². The summed E-state index contributed by atoms with van der Waals surface area (Å²) < 4.78 is 0. The highest BCUT2D eigenvalue weighted by molar-refractivity contribution is 6.35. The van der Waals surface area contributed by atoms with Crippen molar-refractivity contribution in [3.05, 3.63) is 40.5 Å². The van der Waals surface area contributed by atoms with E-state index in [2.05, 4.69) is 24.9 Å². The number of fused-ring (bicyclic) bond motifs is 1. The summed E-state index contributed by atoms with van der Waals surface area (Å²) in [7, 11) is 0. The number of aromatic nitrogens is 1. The second-order valence-electron chi connectivity index (χ2n) is 3.27. The van der Waals surface area contributed by atoms with Crippen molar-refractivity contribution in [2.45, 2.75) is 13.8 Å². The fraction of sp³-hybridized carbons (Fsp3) is 0.182. The van der Waals surface area contributed by atoms with E-state index in [0.29, 0.717) is 0 Å². The van der Waals surface area contributed by atoms with Gasteiger partial charge in [0.05, 0.1) is 10.5 Å². The smallest absolute Gasteiger partial charge is 0.0722 e. The number of nitrogens with zero attached hydrogens (tertiary/aromatic N) is 1. The third-order valence-electron chi connectivity index (χ3n) is 2.13.